The van der Waals surface area contributed by atoms with Gasteiger partial charge in [-0.2, -0.15) is 0 Å². The maximum Gasteiger partial charge on any atom is 0.0641 e. The van der Waals surface area contributed by atoms with Gasteiger partial charge in [0.2, 0.25) is 0 Å². The molecule has 0 aliphatic carbocycles. The monoisotopic (exact) mass is 267 g/mol. The second-order valence-electron chi connectivity index (χ2n) is 4.09. The fourth-order valence-electron chi connectivity index (χ4n) is 1.78. The lowest BCUT2D eigenvalue weighted by Crippen LogP contribution is -2.31. The highest BCUT2D eigenvalue weighted by molar-refractivity contribution is 5.46. The molecular formula is C14H25N3O2. The van der Waals surface area contributed by atoms with Crippen molar-refractivity contribution in [1.29, 1.82) is 0 Å². The molecule has 5 nitrogen and oxygen atoms in total. The molecular weight excluding hydrogens is 242 g/mol. The number of nitrogens with two attached hydrogens (primary N) is 1. The van der Waals surface area contributed by atoms with Crippen LogP contribution in [0, 0.1) is 0 Å². The van der Waals surface area contributed by atoms with Crippen molar-refractivity contribution in [3.05, 3.63) is 24.0 Å². The average Bonchev–Trinajstić information content (AvgIpc) is 2.46. The summed E-state index contributed by atoms with van der Waals surface area (Å²) >= 11 is 0. The Morgan fingerprint density at radius 1 is 1.16 bits per heavy atom. The van der Waals surface area contributed by atoms with E-state index in [9.17, 15) is 0 Å². The van der Waals surface area contributed by atoms with E-state index in [1.807, 2.05) is 26.0 Å². The van der Waals surface area contributed by atoms with Crippen LogP contribution in [0.25, 0.3) is 0 Å². The summed E-state index contributed by atoms with van der Waals surface area (Å²) in [6.45, 7) is 9.05. The summed E-state index contributed by atoms with van der Waals surface area (Å²) in [5, 5.41) is 0. The van der Waals surface area contributed by atoms with Crippen molar-refractivity contribution < 1.29 is 9.47 Å². The smallest absolute Gasteiger partial charge is 0.0641 e. The predicted molar refractivity (Wildman–Crippen MR) is 77.3 cm³/mol. The highest BCUT2D eigenvalue weighted by Crippen LogP contribution is 2.14. The summed E-state index contributed by atoms with van der Waals surface area (Å²) in [5.74, 6) is 0. The summed E-state index contributed by atoms with van der Waals surface area (Å²) in [6, 6.07) is 4.02. The van der Waals surface area contributed by atoms with Crippen LogP contribution in [0.5, 0.6) is 0 Å². The Balaban J connectivity index is 2.63. The van der Waals surface area contributed by atoms with E-state index >= 15 is 0 Å². The Bertz CT molecular complexity index is 337. The van der Waals surface area contributed by atoms with Gasteiger partial charge in [-0.05, 0) is 26.0 Å². The van der Waals surface area contributed by atoms with Crippen LogP contribution in [0.3, 0.4) is 0 Å². The quantitative estimate of drug-likeness (QED) is 0.650. The van der Waals surface area contributed by atoms with E-state index in [2.05, 4.69) is 9.88 Å². The van der Waals surface area contributed by atoms with Gasteiger partial charge in [0.15, 0.2) is 0 Å². The fraction of sp³-hybridized carbons (Fsp3) is 0.643. The van der Waals surface area contributed by atoms with E-state index in [0.29, 0.717) is 19.8 Å². The van der Waals surface area contributed by atoms with Crippen molar-refractivity contribution >= 4 is 5.69 Å². The number of hydrogen-bond acceptors (Lipinski definition) is 5. The molecule has 0 aliphatic rings. The van der Waals surface area contributed by atoms with Gasteiger partial charge in [0.1, 0.15) is 0 Å². The van der Waals surface area contributed by atoms with Crippen LogP contribution in [0.4, 0.5) is 5.69 Å². The molecule has 1 aromatic rings. The van der Waals surface area contributed by atoms with E-state index in [1.165, 1.54) is 0 Å². The summed E-state index contributed by atoms with van der Waals surface area (Å²) in [6.07, 6.45) is 1.80. The molecule has 0 saturated carbocycles. The molecule has 108 valence electrons. The van der Waals surface area contributed by atoms with Crippen LogP contribution >= 0.6 is 0 Å². The molecule has 19 heavy (non-hydrogen) atoms. The Morgan fingerprint density at radius 2 is 1.79 bits per heavy atom. The molecule has 0 fully saturated rings. The molecule has 0 amide bonds. The van der Waals surface area contributed by atoms with Crippen LogP contribution in [-0.2, 0) is 16.0 Å². The molecule has 1 rings (SSSR count). The third-order valence-corrected chi connectivity index (χ3v) is 2.79. The predicted octanol–water partition coefficient (Wildman–Crippen LogP) is 1.42. The minimum atomic E-state index is 0.457. The zero-order valence-electron chi connectivity index (χ0n) is 12.0. The van der Waals surface area contributed by atoms with E-state index < -0.39 is 0 Å². The number of anilines is 1. The van der Waals surface area contributed by atoms with Crippen LogP contribution in [0.15, 0.2) is 18.3 Å². The normalized spacial score (nSPS) is 10.7. The molecule has 0 saturated heterocycles. The molecule has 1 heterocycles. The van der Waals surface area contributed by atoms with Gasteiger partial charge in [-0.25, -0.2) is 0 Å². The van der Waals surface area contributed by atoms with Gasteiger partial charge >= 0.3 is 0 Å². The lowest BCUT2D eigenvalue weighted by Gasteiger charge is -2.25. The Labute approximate surface area is 115 Å². The van der Waals surface area contributed by atoms with Crippen molar-refractivity contribution in [2.75, 3.05) is 44.4 Å². The third-order valence-electron chi connectivity index (χ3n) is 2.79. The van der Waals surface area contributed by atoms with E-state index in [0.717, 1.165) is 37.7 Å². The lowest BCUT2D eigenvalue weighted by molar-refractivity contribution is 0.141. The zero-order valence-corrected chi connectivity index (χ0v) is 12.0. The molecule has 2 N–H and O–H groups in total. The van der Waals surface area contributed by atoms with Gasteiger partial charge in [-0.3, -0.25) is 4.98 Å². The SMILES string of the molecule is CCOCCN(CCOCC)c1ccnc(CN)c1. The molecule has 0 spiro atoms. The summed E-state index contributed by atoms with van der Waals surface area (Å²) in [7, 11) is 0. The molecule has 0 atom stereocenters. The van der Waals surface area contributed by atoms with E-state index in [-0.39, 0.29) is 0 Å². The number of ether oxygens (including phenoxy) is 2. The van der Waals surface area contributed by atoms with Crippen LogP contribution in [0.1, 0.15) is 19.5 Å². The minimum Gasteiger partial charge on any atom is -0.380 e. The summed E-state index contributed by atoms with van der Waals surface area (Å²) in [4.78, 5) is 6.46. The van der Waals surface area contributed by atoms with Crippen LogP contribution in [0.2, 0.25) is 0 Å². The van der Waals surface area contributed by atoms with Gasteiger partial charge in [0.05, 0.1) is 18.9 Å². The number of pyridine rings is 1. The maximum atomic E-state index is 5.63. The van der Waals surface area contributed by atoms with Gasteiger partial charge in [0, 0.05) is 44.7 Å². The Morgan fingerprint density at radius 3 is 2.32 bits per heavy atom. The molecule has 0 aromatic carbocycles. The molecule has 0 bridgehead atoms. The summed E-state index contributed by atoms with van der Waals surface area (Å²) in [5.41, 5.74) is 7.65. The topological polar surface area (TPSA) is 60.6 Å². The van der Waals surface area contributed by atoms with Gasteiger partial charge in [-0.15, -0.1) is 0 Å². The maximum absolute atomic E-state index is 5.63. The van der Waals surface area contributed by atoms with E-state index in [1.54, 1.807) is 6.20 Å². The Hall–Kier alpha value is -1.17. The first-order chi connectivity index (χ1) is 9.31. The van der Waals surface area contributed by atoms with Gasteiger partial charge in [-0.1, -0.05) is 0 Å². The van der Waals surface area contributed by atoms with Crippen LogP contribution in [-0.4, -0.2) is 44.5 Å². The highest BCUT2D eigenvalue weighted by Gasteiger charge is 2.07. The number of hydrogen-bond donors (Lipinski definition) is 1. The third kappa shape index (κ3) is 6.00. The van der Waals surface area contributed by atoms with Crippen molar-refractivity contribution in [1.82, 2.24) is 4.98 Å². The second-order valence-corrected chi connectivity index (χ2v) is 4.09. The first-order valence-corrected chi connectivity index (χ1v) is 6.87. The average molecular weight is 267 g/mol. The Kier molecular flexibility index (Phi) is 8.13. The molecule has 0 radical (unpaired) electrons. The van der Waals surface area contributed by atoms with Gasteiger partial charge in [0.25, 0.3) is 0 Å². The van der Waals surface area contributed by atoms with Crippen molar-refractivity contribution in [2.45, 2.75) is 20.4 Å². The molecule has 1 aromatic heterocycles. The summed E-state index contributed by atoms with van der Waals surface area (Å²) < 4.78 is 10.9. The number of rotatable bonds is 10. The standard InChI is InChI=1S/C14H25N3O2/c1-3-18-9-7-17(8-10-19-4-2)14-5-6-16-13(11-14)12-15/h5-6,11H,3-4,7-10,12,15H2,1-2H3. The molecule has 0 unspecified atom stereocenters. The number of aromatic nitrogens is 1. The second kappa shape index (κ2) is 9.72. The molecule has 0 aliphatic heterocycles. The zero-order chi connectivity index (χ0) is 13.9. The highest BCUT2D eigenvalue weighted by atomic mass is 16.5. The van der Waals surface area contributed by atoms with Crippen molar-refractivity contribution in [3.63, 3.8) is 0 Å². The fourth-order valence-corrected chi connectivity index (χ4v) is 1.78. The first kappa shape index (κ1) is 15.9. The minimum absolute atomic E-state index is 0.457. The lowest BCUT2D eigenvalue weighted by atomic mass is 10.3. The largest absolute Gasteiger partial charge is 0.380 e. The van der Waals surface area contributed by atoms with Crippen molar-refractivity contribution in [3.8, 4) is 0 Å². The van der Waals surface area contributed by atoms with Crippen LogP contribution < -0.4 is 10.6 Å². The van der Waals surface area contributed by atoms with Gasteiger partial charge < -0.3 is 20.1 Å². The van der Waals surface area contributed by atoms with E-state index in [4.69, 9.17) is 15.2 Å². The van der Waals surface area contributed by atoms with Crippen molar-refractivity contribution in [2.24, 2.45) is 5.73 Å². The number of nitrogens with zero attached hydrogens (tertiary/aromatic N) is 2. The first-order valence-electron chi connectivity index (χ1n) is 6.87. The molecule has 5 heteroatoms.